The molecule has 1 aromatic rings. The topological polar surface area (TPSA) is 17.1 Å². The number of hydrogen-bond donors (Lipinski definition) is 0. The van der Waals surface area contributed by atoms with E-state index in [4.69, 9.17) is 0 Å². The van der Waals surface area contributed by atoms with Gasteiger partial charge in [0.15, 0.2) is 5.12 Å². The van der Waals surface area contributed by atoms with Crippen molar-refractivity contribution in [3.8, 4) is 0 Å². The molecule has 0 amide bonds. The second kappa shape index (κ2) is 6.75. The van der Waals surface area contributed by atoms with Crippen LogP contribution >= 0.6 is 11.8 Å². The lowest BCUT2D eigenvalue weighted by atomic mass is 10.1. The first-order chi connectivity index (χ1) is 8.80. The summed E-state index contributed by atoms with van der Waals surface area (Å²) in [5.74, 6) is -0.228. The number of benzene rings is 1. The Kier molecular flexibility index (Phi) is 5.60. The van der Waals surface area contributed by atoms with Crippen LogP contribution in [0.3, 0.4) is 0 Å². The van der Waals surface area contributed by atoms with Crippen molar-refractivity contribution in [2.75, 3.05) is 5.75 Å². The zero-order chi connectivity index (χ0) is 14.5. The third-order valence-corrected chi connectivity index (χ3v) is 3.05. The largest absolute Gasteiger partial charge is 0.416 e. The lowest BCUT2D eigenvalue weighted by Crippen LogP contribution is -2.07. The lowest BCUT2D eigenvalue weighted by molar-refractivity contribution is -0.137. The quantitative estimate of drug-likeness (QED) is 0.599. The van der Waals surface area contributed by atoms with Crippen molar-refractivity contribution in [1.29, 1.82) is 0 Å². The second-order valence-corrected chi connectivity index (χ2v) is 5.03. The SMILES string of the molecule is CC(=O)SCCC=Cc1cc(F)ccc1C(F)(F)F. The molecular weight excluding hydrogens is 280 g/mol. The molecule has 0 radical (unpaired) electrons. The van der Waals surface area contributed by atoms with Gasteiger partial charge in [-0.25, -0.2) is 4.39 Å². The molecule has 0 heterocycles. The third kappa shape index (κ3) is 5.46. The van der Waals surface area contributed by atoms with Crippen LogP contribution in [-0.4, -0.2) is 10.9 Å². The van der Waals surface area contributed by atoms with Crippen molar-refractivity contribution in [1.82, 2.24) is 0 Å². The van der Waals surface area contributed by atoms with Crippen molar-refractivity contribution >= 4 is 23.0 Å². The van der Waals surface area contributed by atoms with E-state index in [1.54, 1.807) is 0 Å². The highest BCUT2D eigenvalue weighted by molar-refractivity contribution is 8.13. The zero-order valence-electron chi connectivity index (χ0n) is 10.1. The third-order valence-electron chi connectivity index (χ3n) is 2.21. The predicted molar refractivity (Wildman–Crippen MR) is 68.2 cm³/mol. The van der Waals surface area contributed by atoms with Crippen molar-refractivity contribution in [2.24, 2.45) is 0 Å². The van der Waals surface area contributed by atoms with E-state index < -0.39 is 17.6 Å². The number of carbonyl (C=O) groups excluding carboxylic acids is 1. The molecule has 1 aromatic carbocycles. The van der Waals surface area contributed by atoms with Crippen LogP contribution in [0.5, 0.6) is 0 Å². The maximum Gasteiger partial charge on any atom is 0.416 e. The van der Waals surface area contributed by atoms with Crippen molar-refractivity contribution in [3.63, 3.8) is 0 Å². The molecule has 0 aliphatic carbocycles. The Labute approximate surface area is 112 Å². The fraction of sp³-hybridized carbons (Fsp3) is 0.308. The Morgan fingerprint density at radius 2 is 2.05 bits per heavy atom. The average Bonchev–Trinajstić information content (AvgIpc) is 2.26. The molecule has 0 fully saturated rings. The van der Waals surface area contributed by atoms with Crippen LogP contribution in [0.1, 0.15) is 24.5 Å². The van der Waals surface area contributed by atoms with E-state index >= 15 is 0 Å². The highest BCUT2D eigenvalue weighted by atomic mass is 32.2. The summed E-state index contributed by atoms with van der Waals surface area (Å²) < 4.78 is 50.9. The molecule has 0 saturated carbocycles. The fourth-order valence-electron chi connectivity index (χ4n) is 1.41. The van der Waals surface area contributed by atoms with Crippen LogP contribution in [0.25, 0.3) is 6.08 Å². The molecule has 0 atom stereocenters. The Bertz CT molecular complexity index is 480. The number of thioether (sulfide) groups is 1. The summed E-state index contributed by atoms with van der Waals surface area (Å²) in [5.41, 5.74) is -1.08. The van der Waals surface area contributed by atoms with Gasteiger partial charge in [0.25, 0.3) is 0 Å². The summed E-state index contributed by atoms with van der Waals surface area (Å²) in [6.07, 6.45) is -1.34. The molecule has 104 valence electrons. The molecule has 0 aliphatic rings. The molecule has 0 aliphatic heterocycles. The van der Waals surface area contributed by atoms with E-state index in [2.05, 4.69) is 0 Å². The van der Waals surface area contributed by atoms with Crippen molar-refractivity contribution < 1.29 is 22.4 Å². The number of halogens is 4. The molecule has 0 bridgehead atoms. The summed E-state index contributed by atoms with van der Waals surface area (Å²) in [5, 5.41) is -0.0462. The molecule has 6 heteroatoms. The van der Waals surface area contributed by atoms with Gasteiger partial charge in [-0.05, 0) is 30.2 Å². The molecular formula is C13H12F4OS. The van der Waals surface area contributed by atoms with Gasteiger partial charge in [-0.1, -0.05) is 23.9 Å². The monoisotopic (exact) mass is 292 g/mol. The van der Waals surface area contributed by atoms with Crippen LogP contribution in [0.4, 0.5) is 17.6 Å². The number of carbonyl (C=O) groups is 1. The second-order valence-electron chi connectivity index (χ2n) is 3.76. The first kappa shape index (κ1) is 15.8. The van der Waals surface area contributed by atoms with Crippen molar-refractivity contribution in [2.45, 2.75) is 19.5 Å². The molecule has 0 unspecified atom stereocenters. The predicted octanol–water partition coefficient (Wildman–Crippen LogP) is 4.53. The van der Waals surface area contributed by atoms with Crippen LogP contribution < -0.4 is 0 Å². The molecule has 1 rings (SSSR count). The summed E-state index contributed by atoms with van der Waals surface area (Å²) in [4.78, 5) is 10.6. The minimum atomic E-state index is -4.51. The molecule has 0 N–H and O–H groups in total. The summed E-state index contributed by atoms with van der Waals surface area (Å²) in [6, 6.07) is 2.35. The fourth-order valence-corrected chi connectivity index (χ4v) is 1.95. The first-order valence-electron chi connectivity index (χ1n) is 5.47. The molecule has 0 spiro atoms. The molecule has 0 aromatic heterocycles. The van der Waals surface area contributed by atoms with E-state index in [1.807, 2.05) is 0 Å². The Hall–Kier alpha value is -1.30. The molecule has 19 heavy (non-hydrogen) atoms. The minimum Gasteiger partial charge on any atom is -0.288 e. The van der Waals surface area contributed by atoms with Gasteiger partial charge >= 0.3 is 6.18 Å². The Morgan fingerprint density at radius 1 is 1.37 bits per heavy atom. The van der Waals surface area contributed by atoms with E-state index in [0.717, 1.165) is 30.0 Å². The van der Waals surface area contributed by atoms with Gasteiger partial charge in [0.2, 0.25) is 0 Å². The number of rotatable bonds is 4. The number of alkyl halides is 3. The normalized spacial score (nSPS) is 12.1. The summed E-state index contributed by atoms with van der Waals surface area (Å²) in [7, 11) is 0. The van der Waals surface area contributed by atoms with Crippen LogP contribution in [0, 0.1) is 5.82 Å². The minimum absolute atomic E-state index is 0.0462. The highest BCUT2D eigenvalue weighted by Crippen LogP contribution is 2.33. The smallest absolute Gasteiger partial charge is 0.288 e. The van der Waals surface area contributed by atoms with Gasteiger partial charge in [0, 0.05) is 12.7 Å². The maximum absolute atomic E-state index is 13.0. The van der Waals surface area contributed by atoms with Crippen LogP contribution in [0.2, 0.25) is 0 Å². The zero-order valence-corrected chi connectivity index (χ0v) is 10.9. The van der Waals surface area contributed by atoms with E-state index in [1.165, 1.54) is 19.1 Å². The summed E-state index contributed by atoms with van der Waals surface area (Å²) >= 11 is 1.09. The number of allylic oxidation sites excluding steroid dienone is 1. The van der Waals surface area contributed by atoms with Gasteiger partial charge < -0.3 is 0 Å². The average molecular weight is 292 g/mol. The maximum atomic E-state index is 13.0. The van der Waals surface area contributed by atoms with Gasteiger partial charge in [0.1, 0.15) is 5.82 Å². The van der Waals surface area contributed by atoms with Crippen LogP contribution in [0.15, 0.2) is 24.3 Å². The van der Waals surface area contributed by atoms with Gasteiger partial charge in [-0.15, -0.1) is 0 Å². The van der Waals surface area contributed by atoms with Gasteiger partial charge in [-0.2, -0.15) is 13.2 Å². The van der Waals surface area contributed by atoms with E-state index in [-0.39, 0.29) is 10.7 Å². The van der Waals surface area contributed by atoms with E-state index in [9.17, 15) is 22.4 Å². The first-order valence-corrected chi connectivity index (χ1v) is 6.46. The summed E-state index contributed by atoms with van der Waals surface area (Å²) in [6.45, 7) is 1.42. The highest BCUT2D eigenvalue weighted by Gasteiger charge is 2.32. The standard InChI is InChI=1S/C13H12F4OS/c1-9(18)19-7-3-2-4-10-8-11(14)5-6-12(10)13(15,16)17/h2,4-6,8H,3,7H2,1H3. The van der Waals surface area contributed by atoms with Gasteiger partial charge in [-0.3, -0.25) is 4.79 Å². The van der Waals surface area contributed by atoms with Crippen molar-refractivity contribution in [3.05, 3.63) is 41.2 Å². The van der Waals surface area contributed by atoms with Crippen LogP contribution in [-0.2, 0) is 11.0 Å². The van der Waals surface area contributed by atoms with Gasteiger partial charge in [0.05, 0.1) is 5.56 Å². The lowest BCUT2D eigenvalue weighted by Gasteiger charge is -2.10. The Morgan fingerprint density at radius 3 is 2.63 bits per heavy atom. The number of hydrogen-bond acceptors (Lipinski definition) is 2. The molecule has 1 nitrogen and oxygen atoms in total. The molecule has 0 saturated heterocycles. The Balaban J connectivity index is 2.79. The van der Waals surface area contributed by atoms with E-state index in [0.29, 0.717) is 12.2 Å².